The minimum absolute atomic E-state index is 0. The maximum absolute atomic E-state index is 13.0. The van der Waals surface area contributed by atoms with Crippen LogP contribution in [0.15, 0.2) is 0 Å². The van der Waals surface area contributed by atoms with E-state index in [4.69, 9.17) is 0 Å². The smallest absolute Gasteiger partial charge is 0.262 e. The van der Waals surface area contributed by atoms with Crippen molar-refractivity contribution in [2.24, 2.45) is 5.92 Å². The van der Waals surface area contributed by atoms with Gasteiger partial charge in [-0.1, -0.05) is 0 Å². The topological polar surface area (TPSA) is 44.4 Å². The molecule has 2 heterocycles. The summed E-state index contributed by atoms with van der Waals surface area (Å²) in [5.74, 6) is -2.38. The zero-order valence-electron chi connectivity index (χ0n) is 12.2. The first-order valence-electron chi connectivity index (χ1n) is 7.04. The van der Waals surface area contributed by atoms with Gasteiger partial charge in [0, 0.05) is 13.0 Å². The molecule has 2 N–H and O–H groups in total. The van der Waals surface area contributed by atoms with Crippen LogP contribution in [0.3, 0.4) is 0 Å². The summed E-state index contributed by atoms with van der Waals surface area (Å²) >= 11 is 0. The molecule has 1 atom stereocenters. The number of carbonyl (C=O) groups excluding carboxylic acids is 1. The van der Waals surface area contributed by atoms with Crippen molar-refractivity contribution < 1.29 is 13.6 Å². The van der Waals surface area contributed by atoms with Crippen LogP contribution in [0.1, 0.15) is 25.7 Å². The Morgan fingerprint density at radius 1 is 1.33 bits per heavy atom. The molecule has 2 aliphatic heterocycles. The average Bonchev–Trinajstić information content (AvgIpc) is 2.72. The van der Waals surface area contributed by atoms with Crippen LogP contribution < -0.4 is 10.6 Å². The molecule has 0 aromatic heterocycles. The molecule has 126 valence electrons. The van der Waals surface area contributed by atoms with Gasteiger partial charge in [0.2, 0.25) is 5.91 Å². The number of carbonyl (C=O) groups is 1. The third-order valence-electron chi connectivity index (χ3n) is 4.12. The Hall–Kier alpha value is -0.170. The highest BCUT2D eigenvalue weighted by atomic mass is 35.5. The SMILES string of the molecule is CN1CCC(CCNC(=O)C2CC(F)(F)CN2)CC1.Cl.Cl. The van der Waals surface area contributed by atoms with E-state index >= 15 is 0 Å². The Labute approximate surface area is 137 Å². The van der Waals surface area contributed by atoms with E-state index in [1.54, 1.807) is 0 Å². The first-order valence-corrected chi connectivity index (χ1v) is 7.04. The highest BCUT2D eigenvalue weighted by molar-refractivity contribution is 5.85. The van der Waals surface area contributed by atoms with Gasteiger partial charge in [-0.15, -0.1) is 24.8 Å². The summed E-state index contributed by atoms with van der Waals surface area (Å²) < 4.78 is 25.9. The fourth-order valence-electron chi connectivity index (χ4n) is 2.77. The second-order valence-electron chi connectivity index (χ2n) is 5.82. The van der Waals surface area contributed by atoms with Gasteiger partial charge >= 0.3 is 0 Å². The summed E-state index contributed by atoms with van der Waals surface area (Å²) in [5, 5.41) is 5.34. The molecule has 8 heteroatoms. The summed E-state index contributed by atoms with van der Waals surface area (Å²) in [6.07, 6.45) is 2.88. The number of likely N-dealkylation sites (tertiary alicyclic amines) is 1. The van der Waals surface area contributed by atoms with Crippen LogP contribution in [0.25, 0.3) is 0 Å². The van der Waals surface area contributed by atoms with Crippen LogP contribution in [0.2, 0.25) is 0 Å². The fourth-order valence-corrected chi connectivity index (χ4v) is 2.77. The first-order chi connectivity index (χ1) is 8.96. The maximum atomic E-state index is 13.0. The van der Waals surface area contributed by atoms with Gasteiger partial charge in [0.15, 0.2) is 0 Å². The summed E-state index contributed by atoms with van der Waals surface area (Å²) in [7, 11) is 2.12. The molecule has 4 nitrogen and oxygen atoms in total. The van der Waals surface area contributed by atoms with Gasteiger partial charge in [0.25, 0.3) is 5.92 Å². The molecule has 2 rings (SSSR count). The summed E-state index contributed by atoms with van der Waals surface area (Å²) in [6.45, 7) is 2.42. The lowest BCUT2D eigenvalue weighted by Crippen LogP contribution is -2.41. The third-order valence-corrected chi connectivity index (χ3v) is 4.12. The van der Waals surface area contributed by atoms with Crippen LogP contribution in [-0.2, 0) is 4.79 Å². The highest BCUT2D eigenvalue weighted by Gasteiger charge is 2.42. The average molecular weight is 348 g/mol. The van der Waals surface area contributed by atoms with Crippen molar-refractivity contribution in [2.75, 3.05) is 33.2 Å². The van der Waals surface area contributed by atoms with Crippen molar-refractivity contribution >= 4 is 30.7 Å². The molecule has 0 spiro atoms. The van der Waals surface area contributed by atoms with Crippen molar-refractivity contribution in [3.8, 4) is 0 Å². The summed E-state index contributed by atoms with van der Waals surface area (Å²) in [4.78, 5) is 14.0. The molecule has 0 aliphatic carbocycles. The van der Waals surface area contributed by atoms with Crippen LogP contribution in [0, 0.1) is 5.92 Å². The predicted molar refractivity (Wildman–Crippen MR) is 83.7 cm³/mol. The van der Waals surface area contributed by atoms with Crippen LogP contribution >= 0.6 is 24.8 Å². The zero-order chi connectivity index (χ0) is 13.9. The predicted octanol–water partition coefficient (Wildman–Crippen LogP) is 1.68. The Balaban J connectivity index is 0.00000200. The Kier molecular flexibility index (Phi) is 9.00. The number of halogens is 4. The number of hydrogen-bond acceptors (Lipinski definition) is 3. The molecular formula is C13H25Cl2F2N3O. The van der Waals surface area contributed by atoms with Gasteiger partial charge in [-0.05, 0) is 45.3 Å². The Morgan fingerprint density at radius 3 is 2.48 bits per heavy atom. The fraction of sp³-hybridized carbons (Fsp3) is 0.923. The Bertz CT molecular complexity index is 327. The number of rotatable bonds is 4. The molecule has 21 heavy (non-hydrogen) atoms. The summed E-state index contributed by atoms with van der Waals surface area (Å²) in [6, 6.07) is -0.729. The maximum Gasteiger partial charge on any atom is 0.262 e. The zero-order valence-corrected chi connectivity index (χ0v) is 13.9. The van der Waals surface area contributed by atoms with Crippen molar-refractivity contribution in [1.82, 2.24) is 15.5 Å². The second-order valence-corrected chi connectivity index (χ2v) is 5.82. The highest BCUT2D eigenvalue weighted by Crippen LogP contribution is 2.25. The normalized spacial score (nSPS) is 25.8. The van der Waals surface area contributed by atoms with Crippen molar-refractivity contribution in [3.05, 3.63) is 0 Å². The standard InChI is InChI=1S/C13H23F2N3O.2ClH/c1-18-6-3-10(4-7-18)2-5-16-12(19)11-8-13(14,15)9-17-11;;/h10-11,17H,2-9H2,1H3,(H,16,19);2*1H. The molecular weight excluding hydrogens is 323 g/mol. The minimum Gasteiger partial charge on any atom is -0.355 e. The van der Waals surface area contributed by atoms with E-state index < -0.39 is 12.0 Å². The van der Waals surface area contributed by atoms with Crippen LogP contribution in [-0.4, -0.2) is 56.0 Å². The van der Waals surface area contributed by atoms with Gasteiger partial charge in [-0.25, -0.2) is 8.78 Å². The minimum atomic E-state index is -2.74. The van der Waals surface area contributed by atoms with Gasteiger partial charge < -0.3 is 10.2 Å². The van der Waals surface area contributed by atoms with E-state index in [1.807, 2.05) is 0 Å². The van der Waals surface area contributed by atoms with Crippen LogP contribution in [0.4, 0.5) is 8.78 Å². The molecule has 1 unspecified atom stereocenters. The van der Waals surface area contributed by atoms with Gasteiger partial charge in [-0.3, -0.25) is 10.1 Å². The first kappa shape index (κ1) is 20.8. The molecule has 0 saturated carbocycles. The Morgan fingerprint density at radius 2 is 1.95 bits per heavy atom. The van der Waals surface area contributed by atoms with E-state index in [2.05, 4.69) is 22.6 Å². The molecule has 2 aliphatic rings. The van der Waals surface area contributed by atoms with Crippen molar-refractivity contribution in [2.45, 2.75) is 37.6 Å². The molecule has 1 amide bonds. The van der Waals surface area contributed by atoms with E-state index in [1.165, 1.54) is 0 Å². The van der Waals surface area contributed by atoms with Crippen molar-refractivity contribution in [1.29, 1.82) is 0 Å². The van der Waals surface area contributed by atoms with E-state index in [9.17, 15) is 13.6 Å². The molecule has 2 fully saturated rings. The number of amides is 1. The van der Waals surface area contributed by atoms with Gasteiger partial charge in [0.05, 0.1) is 12.6 Å². The quantitative estimate of drug-likeness (QED) is 0.813. The lowest BCUT2D eigenvalue weighted by atomic mass is 9.94. The molecule has 0 aromatic carbocycles. The molecule has 0 bridgehead atoms. The number of nitrogens with zero attached hydrogens (tertiary/aromatic N) is 1. The second kappa shape index (κ2) is 9.08. The molecule has 0 radical (unpaired) electrons. The van der Waals surface area contributed by atoms with Crippen LogP contribution in [0.5, 0.6) is 0 Å². The number of hydrogen-bond donors (Lipinski definition) is 2. The summed E-state index contributed by atoms with van der Waals surface area (Å²) in [5.41, 5.74) is 0. The monoisotopic (exact) mass is 347 g/mol. The third kappa shape index (κ3) is 6.63. The molecule has 0 aromatic rings. The largest absolute Gasteiger partial charge is 0.355 e. The molecule has 2 saturated heterocycles. The van der Waals surface area contributed by atoms with Crippen molar-refractivity contribution in [3.63, 3.8) is 0 Å². The number of piperidine rings is 1. The van der Waals surface area contributed by atoms with E-state index in [0.29, 0.717) is 12.5 Å². The lowest BCUT2D eigenvalue weighted by Gasteiger charge is -2.29. The van der Waals surface area contributed by atoms with E-state index in [0.717, 1.165) is 32.4 Å². The van der Waals surface area contributed by atoms with Gasteiger partial charge in [-0.2, -0.15) is 0 Å². The lowest BCUT2D eigenvalue weighted by molar-refractivity contribution is -0.123. The number of nitrogens with one attached hydrogen (secondary N) is 2. The number of alkyl halides is 2. The van der Waals surface area contributed by atoms with Gasteiger partial charge in [0.1, 0.15) is 0 Å². The van der Waals surface area contributed by atoms with E-state index in [-0.39, 0.29) is 43.7 Å².